The molecule has 0 N–H and O–H groups in total. The SMILES string of the molecule is CC(C)C(=O)Oc1ccc2sc(=O)oc2c1. The molecule has 0 unspecified atom stereocenters. The van der Waals surface area contributed by atoms with Crippen molar-refractivity contribution in [1.29, 1.82) is 0 Å². The number of hydrogen-bond acceptors (Lipinski definition) is 5. The number of carbonyl (C=O) groups is 1. The van der Waals surface area contributed by atoms with Crippen molar-refractivity contribution in [2.75, 3.05) is 0 Å². The monoisotopic (exact) mass is 238 g/mol. The number of hydrogen-bond donors (Lipinski definition) is 0. The Morgan fingerprint density at radius 1 is 1.44 bits per heavy atom. The van der Waals surface area contributed by atoms with Gasteiger partial charge in [0.1, 0.15) is 5.75 Å². The summed E-state index contributed by atoms with van der Waals surface area (Å²) in [6.45, 7) is 3.51. The molecule has 0 amide bonds. The van der Waals surface area contributed by atoms with E-state index in [1.54, 1.807) is 32.0 Å². The van der Waals surface area contributed by atoms with Crippen LogP contribution in [-0.4, -0.2) is 5.97 Å². The lowest BCUT2D eigenvalue weighted by atomic mass is 10.2. The van der Waals surface area contributed by atoms with Gasteiger partial charge in [-0.05, 0) is 12.1 Å². The Hall–Kier alpha value is -1.62. The Balaban J connectivity index is 2.32. The topological polar surface area (TPSA) is 56.5 Å². The van der Waals surface area contributed by atoms with E-state index in [0.717, 1.165) is 16.0 Å². The molecular weight excluding hydrogens is 228 g/mol. The number of fused-ring (bicyclic) bond motifs is 1. The minimum Gasteiger partial charge on any atom is -0.426 e. The molecule has 0 fully saturated rings. The van der Waals surface area contributed by atoms with Gasteiger partial charge >= 0.3 is 10.9 Å². The quantitative estimate of drug-likeness (QED) is 0.595. The fraction of sp³-hybridized carbons (Fsp3) is 0.273. The third kappa shape index (κ3) is 2.14. The molecule has 84 valence electrons. The molecule has 0 atom stereocenters. The highest BCUT2D eigenvalue weighted by Crippen LogP contribution is 2.23. The number of esters is 1. The molecular formula is C11H10O4S. The van der Waals surface area contributed by atoms with E-state index in [1.807, 2.05) is 0 Å². The zero-order chi connectivity index (χ0) is 11.7. The van der Waals surface area contributed by atoms with Crippen LogP contribution >= 0.6 is 11.3 Å². The van der Waals surface area contributed by atoms with Gasteiger partial charge < -0.3 is 9.15 Å². The van der Waals surface area contributed by atoms with Crippen molar-refractivity contribution in [2.45, 2.75) is 13.8 Å². The maximum atomic E-state index is 11.3. The van der Waals surface area contributed by atoms with Crippen LogP contribution in [0.25, 0.3) is 10.3 Å². The van der Waals surface area contributed by atoms with E-state index >= 15 is 0 Å². The van der Waals surface area contributed by atoms with E-state index < -0.39 is 0 Å². The van der Waals surface area contributed by atoms with E-state index in [4.69, 9.17) is 9.15 Å². The average Bonchev–Trinajstić information content (AvgIpc) is 2.57. The lowest BCUT2D eigenvalue weighted by molar-refractivity contribution is -0.137. The number of carbonyl (C=O) groups excluding carboxylic acids is 1. The molecule has 0 aliphatic carbocycles. The summed E-state index contributed by atoms with van der Waals surface area (Å²) in [5.41, 5.74) is 0.448. The molecule has 0 radical (unpaired) electrons. The smallest absolute Gasteiger partial charge is 0.396 e. The summed E-state index contributed by atoms with van der Waals surface area (Å²) < 4.78 is 10.8. The summed E-state index contributed by atoms with van der Waals surface area (Å²) in [4.78, 5) is 22.0. The van der Waals surface area contributed by atoms with Crippen molar-refractivity contribution < 1.29 is 13.9 Å². The fourth-order valence-corrected chi connectivity index (χ4v) is 1.80. The highest BCUT2D eigenvalue weighted by Gasteiger charge is 2.11. The minimum absolute atomic E-state index is 0.190. The van der Waals surface area contributed by atoms with Crippen LogP contribution in [0.5, 0.6) is 5.75 Å². The Morgan fingerprint density at radius 3 is 2.88 bits per heavy atom. The van der Waals surface area contributed by atoms with Crippen LogP contribution in [0.1, 0.15) is 13.8 Å². The van der Waals surface area contributed by atoms with Crippen molar-refractivity contribution >= 4 is 27.6 Å². The Labute approximate surface area is 95.5 Å². The minimum atomic E-state index is -0.359. The second-order valence-electron chi connectivity index (χ2n) is 3.64. The first-order valence-corrected chi connectivity index (χ1v) is 5.63. The molecule has 1 aromatic heterocycles. The van der Waals surface area contributed by atoms with Gasteiger partial charge in [-0.2, -0.15) is 0 Å². The van der Waals surface area contributed by atoms with Gasteiger partial charge in [-0.15, -0.1) is 0 Å². The van der Waals surface area contributed by atoms with Crippen LogP contribution in [-0.2, 0) is 4.79 Å². The van der Waals surface area contributed by atoms with Gasteiger partial charge in [-0.1, -0.05) is 25.2 Å². The number of ether oxygens (including phenoxy) is 1. The van der Waals surface area contributed by atoms with Crippen molar-refractivity contribution in [1.82, 2.24) is 0 Å². The Bertz CT molecular complexity index is 579. The third-order valence-corrected chi connectivity index (χ3v) is 2.80. The van der Waals surface area contributed by atoms with Crippen LogP contribution in [0.2, 0.25) is 0 Å². The standard InChI is InChI=1S/C11H10O4S/c1-6(2)10(12)14-7-3-4-9-8(5-7)15-11(13)16-9/h3-6H,1-2H3. The van der Waals surface area contributed by atoms with Gasteiger partial charge in [0.15, 0.2) is 5.58 Å². The first kappa shape index (κ1) is 10.9. The van der Waals surface area contributed by atoms with E-state index in [-0.39, 0.29) is 16.8 Å². The summed E-state index contributed by atoms with van der Waals surface area (Å²) in [6.07, 6.45) is 0. The molecule has 1 aromatic carbocycles. The second kappa shape index (κ2) is 4.09. The van der Waals surface area contributed by atoms with Gasteiger partial charge in [0, 0.05) is 6.07 Å². The zero-order valence-corrected chi connectivity index (χ0v) is 9.67. The second-order valence-corrected chi connectivity index (χ2v) is 4.62. The van der Waals surface area contributed by atoms with Crippen LogP contribution in [0.15, 0.2) is 27.4 Å². The molecule has 1 heterocycles. The van der Waals surface area contributed by atoms with E-state index in [1.165, 1.54) is 0 Å². The largest absolute Gasteiger partial charge is 0.426 e. The van der Waals surface area contributed by atoms with Crippen molar-refractivity contribution in [3.05, 3.63) is 27.9 Å². The molecule has 0 spiro atoms. The van der Waals surface area contributed by atoms with Gasteiger partial charge in [0.05, 0.1) is 10.6 Å². The lowest BCUT2D eigenvalue weighted by Crippen LogP contribution is -2.14. The Kier molecular flexibility index (Phi) is 2.78. The molecule has 5 heteroatoms. The predicted octanol–water partition coefficient (Wildman–Crippen LogP) is 2.42. The highest BCUT2D eigenvalue weighted by molar-refractivity contribution is 7.16. The molecule has 2 rings (SSSR count). The molecule has 4 nitrogen and oxygen atoms in total. The fourth-order valence-electron chi connectivity index (χ4n) is 1.15. The van der Waals surface area contributed by atoms with Gasteiger partial charge in [-0.25, -0.2) is 4.79 Å². The van der Waals surface area contributed by atoms with Gasteiger partial charge in [0.25, 0.3) is 0 Å². The average molecular weight is 238 g/mol. The normalized spacial score (nSPS) is 10.9. The zero-order valence-electron chi connectivity index (χ0n) is 8.85. The Morgan fingerprint density at radius 2 is 2.19 bits per heavy atom. The predicted molar refractivity (Wildman–Crippen MR) is 60.8 cm³/mol. The summed E-state index contributed by atoms with van der Waals surface area (Å²) in [6, 6.07) is 4.90. The molecule has 0 aliphatic rings. The third-order valence-electron chi connectivity index (χ3n) is 1.99. The van der Waals surface area contributed by atoms with Crippen LogP contribution in [0.4, 0.5) is 0 Å². The van der Waals surface area contributed by atoms with Crippen molar-refractivity contribution in [2.24, 2.45) is 5.92 Å². The molecule has 2 aromatic rings. The number of benzene rings is 1. The van der Waals surface area contributed by atoms with Gasteiger partial charge in [-0.3, -0.25) is 4.79 Å². The lowest BCUT2D eigenvalue weighted by Gasteiger charge is -2.05. The molecule has 0 aliphatic heterocycles. The van der Waals surface area contributed by atoms with Crippen LogP contribution < -0.4 is 9.68 Å². The molecule has 16 heavy (non-hydrogen) atoms. The summed E-state index contributed by atoms with van der Waals surface area (Å²) >= 11 is 1.02. The number of rotatable bonds is 2. The van der Waals surface area contributed by atoms with Crippen molar-refractivity contribution in [3.63, 3.8) is 0 Å². The van der Waals surface area contributed by atoms with E-state index in [2.05, 4.69) is 0 Å². The van der Waals surface area contributed by atoms with Crippen LogP contribution in [0, 0.1) is 5.92 Å². The van der Waals surface area contributed by atoms with Crippen LogP contribution in [0.3, 0.4) is 0 Å². The van der Waals surface area contributed by atoms with Gasteiger partial charge in [0.2, 0.25) is 0 Å². The molecule has 0 bridgehead atoms. The maximum Gasteiger partial charge on any atom is 0.396 e. The summed E-state index contributed by atoms with van der Waals surface area (Å²) in [5, 5.41) is 0. The maximum absolute atomic E-state index is 11.3. The highest BCUT2D eigenvalue weighted by atomic mass is 32.1. The first-order valence-electron chi connectivity index (χ1n) is 4.81. The molecule has 0 saturated carbocycles. The van der Waals surface area contributed by atoms with Crippen molar-refractivity contribution in [3.8, 4) is 5.75 Å². The van der Waals surface area contributed by atoms with E-state index in [9.17, 15) is 9.59 Å². The summed E-state index contributed by atoms with van der Waals surface area (Å²) in [7, 11) is 0. The first-order chi connectivity index (χ1) is 7.56. The summed E-state index contributed by atoms with van der Waals surface area (Å²) in [5.74, 6) is -0.102. The molecule has 0 saturated heterocycles. The van der Waals surface area contributed by atoms with E-state index in [0.29, 0.717) is 11.3 Å².